The second-order valence-corrected chi connectivity index (χ2v) is 4.84. The minimum Gasteiger partial charge on any atom is -0.0843 e. The first-order chi connectivity index (χ1) is 7.58. The molecule has 2 aromatic carbocycles. The van der Waals surface area contributed by atoms with Crippen molar-refractivity contribution in [1.29, 1.82) is 0 Å². The molecule has 0 aromatic heterocycles. The van der Waals surface area contributed by atoms with Gasteiger partial charge in [0.15, 0.2) is 0 Å². The summed E-state index contributed by atoms with van der Waals surface area (Å²) in [5.74, 6) is 0. The van der Waals surface area contributed by atoms with Crippen LogP contribution in [0.4, 0.5) is 0 Å². The summed E-state index contributed by atoms with van der Waals surface area (Å²) >= 11 is 18.1. The highest BCUT2D eigenvalue weighted by Crippen LogP contribution is 2.32. The zero-order valence-electron chi connectivity index (χ0n) is 8.60. The van der Waals surface area contributed by atoms with Gasteiger partial charge < -0.3 is 0 Å². The normalized spacial score (nSPS) is 10.5. The zero-order valence-corrected chi connectivity index (χ0v) is 10.9. The molecule has 0 radical (unpaired) electrons. The Hall–Kier alpha value is -0.690. The lowest BCUT2D eigenvalue weighted by Gasteiger charge is -2.06. The third-order valence-corrected chi connectivity index (χ3v) is 3.37. The van der Waals surface area contributed by atoms with Crippen LogP contribution in [0.15, 0.2) is 36.4 Å². The molecule has 16 heavy (non-hydrogen) atoms. The summed E-state index contributed by atoms with van der Waals surface area (Å²) in [5, 5.41) is 2.00. The van der Waals surface area contributed by atoms with Crippen LogP contribution in [0.1, 0.15) is 5.56 Å². The van der Waals surface area contributed by atoms with Crippen LogP contribution in [0, 0.1) is 6.92 Å². The van der Waals surface area contributed by atoms with Crippen molar-refractivity contribution in [2.24, 2.45) is 0 Å². The number of aryl methyl sites for hydroxylation is 1. The van der Waals surface area contributed by atoms with E-state index in [0.717, 1.165) is 21.7 Å². The highest BCUT2D eigenvalue weighted by atomic mass is 35.5. The molecule has 0 bridgehead atoms. The zero-order chi connectivity index (χ0) is 11.7. The molecule has 2 rings (SSSR count). The van der Waals surface area contributed by atoms with E-state index >= 15 is 0 Å². The first kappa shape index (κ1) is 11.8. The van der Waals surface area contributed by atoms with Crippen LogP contribution < -0.4 is 0 Å². The van der Waals surface area contributed by atoms with E-state index in [1.54, 1.807) is 6.07 Å². The Morgan fingerprint density at radius 3 is 2.19 bits per heavy atom. The highest BCUT2D eigenvalue weighted by molar-refractivity contribution is 6.36. The van der Waals surface area contributed by atoms with E-state index in [2.05, 4.69) is 0 Å². The third kappa shape index (κ3) is 2.35. The summed E-state index contributed by atoms with van der Waals surface area (Å²) in [6.07, 6.45) is 0. The van der Waals surface area contributed by atoms with E-state index in [1.165, 1.54) is 0 Å². The van der Waals surface area contributed by atoms with Crippen molar-refractivity contribution in [2.45, 2.75) is 6.92 Å². The Balaban J connectivity index is 2.54. The first-order valence-corrected chi connectivity index (χ1v) is 5.93. The van der Waals surface area contributed by atoms with Gasteiger partial charge in [0.1, 0.15) is 0 Å². The monoisotopic (exact) mass is 270 g/mol. The summed E-state index contributed by atoms with van der Waals surface area (Å²) in [7, 11) is 0. The van der Waals surface area contributed by atoms with Gasteiger partial charge in [0.2, 0.25) is 0 Å². The largest absolute Gasteiger partial charge is 0.0843 e. The fourth-order valence-corrected chi connectivity index (χ4v) is 2.18. The molecule has 3 heteroatoms. The number of halogens is 3. The van der Waals surface area contributed by atoms with Crippen LogP contribution in [-0.4, -0.2) is 0 Å². The topological polar surface area (TPSA) is 0 Å². The van der Waals surface area contributed by atoms with Gasteiger partial charge in [-0.1, -0.05) is 53.0 Å². The molecule has 0 aliphatic carbocycles. The Morgan fingerprint density at radius 1 is 0.812 bits per heavy atom. The molecule has 0 atom stereocenters. The molecule has 0 unspecified atom stereocenters. The van der Waals surface area contributed by atoms with Crippen LogP contribution in [0.5, 0.6) is 0 Å². The molecule has 0 aliphatic heterocycles. The molecule has 0 saturated carbocycles. The van der Waals surface area contributed by atoms with Crippen molar-refractivity contribution in [1.82, 2.24) is 0 Å². The minimum atomic E-state index is 0.631. The summed E-state index contributed by atoms with van der Waals surface area (Å²) in [5.41, 5.74) is 2.99. The second kappa shape index (κ2) is 4.67. The summed E-state index contributed by atoms with van der Waals surface area (Å²) in [6.45, 7) is 1.97. The molecule has 0 saturated heterocycles. The predicted octanol–water partition coefficient (Wildman–Crippen LogP) is 5.62. The SMILES string of the molecule is Cc1ccc(-c2ccc(Cl)cc2Cl)cc1Cl. The van der Waals surface area contributed by atoms with Crippen molar-refractivity contribution in [3.63, 3.8) is 0 Å². The van der Waals surface area contributed by atoms with Crippen LogP contribution in [0.25, 0.3) is 11.1 Å². The maximum absolute atomic E-state index is 6.13. The predicted molar refractivity (Wildman–Crippen MR) is 71.6 cm³/mol. The average Bonchev–Trinajstić information content (AvgIpc) is 2.22. The van der Waals surface area contributed by atoms with Gasteiger partial charge in [-0.05, 0) is 36.2 Å². The first-order valence-electron chi connectivity index (χ1n) is 4.79. The maximum atomic E-state index is 6.13. The van der Waals surface area contributed by atoms with E-state index < -0.39 is 0 Å². The summed E-state index contributed by atoms with van der Waals surface area (Å²) < 4.78 is 0. The van der Waals surface area contributed by atoms with E-state index in [0.29, 0.717) is 10.0 Å². The Bertz CT molecular complexity index is 533. The molecule has 0 fully saturated rings. The molecule has 2 aromatic rings. The molecule has 0 aliphatic rings. The van der Waals surface area contributed by atoms with Gasteiger partial charge in [0, 0.05) is 20.6 Å². The lowest BCUT2D eigenvalue weighted by atomic mass is 10.0. The lowest BCUT2D eigenvalue weighted by Crippen LogP contribution is -1.82. The van der Waals surface area contributed by atoms with Crippen LogP contribution in [0.3, 0.4) is 0 Å². The molecule has 0 nitrogen and oxygen atoms in total. The quantitative estimate of drug-likeness (QED) is 0.631. The molecule has 0 spiro atoms. The number of rotatable bonds is 1. The van der Waals surface area contributed by atoms with Crippen LogP contribution >= 0.6 is 34.8 Å². The van der Waals surface area contributed by atoms with Gasteiger partial charge >= 0.3 is 0 Å². The smallest absolute Gasteiger partial charge is 0.0499 e. The average molecular weight is 272 g/mol. The fraction of sp³-hybridized carbons (Fsp3) is 0.0769. The van der Waals surface area contributed by atoms with E-state index in [9.17, 15) is 0 Å². The minimum absolute atomic E-state index is 0.631. The maximum Gasteiger partial charge on any atom is 0.0499 e. The van der Waals surface area contributed by atoms with Gasteiger partial charge in [-0.25, -0.2) is 0 Å². The second-order valence-electron chi connectivity index (χ2n) is 3.59. The third-order valence-electron chi connectivity index (χ3n) is 2.41. The molecular formula is C13H9Cl3. The van der Waals surface area contributed by atoms with Crippen LogP contribution in [0.2, 0.25) is 15.1 Å². The van der Waals surface area contributed by atoms with Gasteiger partial charge in [-0.3, -0.25) is 0 Å². The van der Waals surface area contributed by atoms with E-state index in [-0.39, 0.29) is 0 Å². The Labute approximate surface area is 110 Å². The number of benzene rings is 2. The Morgan fingerprint density at radius 2 is 1.56 bits per heavy atom. The van der Waals surface area contributed by atoms with Gasteiger partial charge in [-0.15, -0.1) is 0 Å². The number of hydrogen-bond donors (Lipinski definition) is 0. The Kier molecular flexibility index (Phi) is 3.44. The van der Waals surface area contributed by atoms with Crippen LogP contribution in [-0.2, 0) is 0 Å². The van der Waals surface area contributed by atoms with Crippen molar-refractivity contribution in [3.05, 3.63) is 57.0 Å². The molecule has 0 N–H and O–H groups in total. The molecular weight excluding hydrogens is 263 g/mol. The van der Waals surface area contributed by atoms with Gasteiger partial charge in [0.05, 0.1) is 0 Å². The lowest BCUT2D eigenvalue weighted by molar-refractivity contribution is 1.47. The summed E-state index contributed by atoms with van der Waals surface area (Å²) in [6, 6.07) is 11.3. The van der Waals surface area contributed by atoms with Gasteiger partial charge in [-0.2, -0.15) is 0 Å². The standard InChI is InChI=1S/C13H9Cl3/c1-8-2-3-9(6-12(8)15)11-5-4-10(14)7-13(11)16/h2-7H,1H3. The highest BCUT2D eigenvalue weighted by Gasteiger charge is 2.05. The molecule has 0 heterocycles. The van der Waals surface area contributed by atoms with E-state index in [4.69, 9.17) is 34.8 Å². The molecule has 0 amide bonds. The van der Waals surface area contributed by atoms with Gasteiger partial charge in [0.25, 0.3) is 0 Å². The van der Waals surface area contributed by atoms with Crippen molar-refractivity contribution < 1.29 is 0 Å². The van der Waals surface area contributed by atoms with Crippen molar-refractivity contribution >= 4 is 34.8 Å². The fourth-order valence-electron chi connectivity index (χ4n) is 1.48. The van der Waals surface area contributed by atoms with Crippen molar-refractivity contribution in [2.75, 3.05) is 0 Å². The van der Waals surface area contributed by atoms with E-state index in [1.807, 2.05) is 37.3 Å². The molecule has 82 valence electrons. The number of hydrogen-bond acceptors (Lipinski definition) is 0. The van der Waals surface area contributed by atoms with Crippen molar-refractivity contribution in [3.8, 4) is 11.1 Å². The summed E-state index contributed by atoms with van der Waals surface area (Å²) in [4.78, 5) is 0.